The number of nitrogens with one attached hydrogen (secondary N) is 1. The summed E-state index contributed by atoms with van der Waals surface area (Å²) in [6, 6.07) is -1.05. The minimum absolute atomic E-state index is 0.283. The van der Waals surface area contributed by atoms with Crippen LogP contribution in [0.5, 0.6) is 0 Å². The van der Waals surface area contributed by atoms with Crippen molar-refractivity contribution >= 4 is 16.0 Å². The Labute approximate surface area is 279 Å². The molecule has 1 amide bonds. The summed E-state index contributed by atoms with van der Waals surface area (Å²) in [5, 5.41) is 13.2. The van der Waals surface area contributed by atoms with Crippen LogP contribution in [0.2, 0.25) is 0 Å². The number of hydrogen-bond donors (Lipinski definition) is 3. The average molecular weight is 656 g/mol. The van der Waals surface area contributed by atoms with Crippen molar-refractivity contribution < 1.29 is 22.9 Å². The summed E-state index contributed by atoms with van der Waals surface area (Å²) in [4.78, 5) is 12.5. The largest absolute Gasteiger partial charge is 0.387 e. The number of hydrogen-bond acceptors (Lipinski definition) is 4. The second kappa shape index (κ2) is 32.7. The lowest BCUT2D eigenvalue weighted by Gasteiger charge is -2.21. The average Bonchev–Trinajstić information content (AvgIpc) is 3.00. The number of allylic oxidation sites excluding steroid dienone is 3. The van der Waals surface area contributed by atoms with E-state index in [4.69, 9.17) is 0 Å². The summed E-state index contributed by atoms with van der Waals surface area (Å²) >= 11 is 0. The van der Waals surface area contributed by atoms with Crippen LogP contribution in [0.3, 0.4) is 0 Å². The molecule has 6 nitrogen and oxygen atoms in total. The van der Waals surface area contributed by atoms with Crippen LogP contribution in [0.15, 0.2) is 24.3 Å². The first kappa shape index (κ1) is 43.8. The number of carbonyl (C=O) groups is 1. The van der Waals surface area contributed by atoms with Gasteiger partial charge in [-0.3, -0.25) is 9.35 Å². The minimum atomic E-state index is -4.34. The van der Waals surface area contributed by atoms with Gasteiger partial charge in [-0.15, -0.1) is 0 Å². The van der Waals surface area contributed by atoms with Crippen LogP contribution in [0.4, 0.5) is 0 Å². The van der Waals surface area contributed by atoms with E-state index in [2.05, 4.69) is 31.3 Å². The molecule has 0 saturated heterocycles. The van der Waals surface area contributed by atoms with E-state index >= 15 is 0 Å². The number of aliphatic hydroxyl groups excluding tert-OH is 1. The maximum atomic E-state index is 12.5. The Morgan fingerprint density at radius 2 is 0.933 bits per heavy atom. The van der Waals surface area contributed by atoms with Gasteiger partial charge >= 0.3 is 0 Å². The molecule has 0 rings (SSSR count). The van der Waals surface area contributed by atoms with Crippen molar-refractivity contribution in [2.24, 2.45) is 0 Å². The molecule has 2 atom stereocenters. The molecule has 45 heavy (non-hydrogen) atoms. The Morgan fingerprint density at radius 1 is 0.578 bits per heavy atom. The zero-order chi connectivity index (χ0) is 33.3. The molecule has 0 radical (unpaired) electrons. The van der Waals surface area contributed by atoms with Gasteiger partial charge in [-0.05, 0) is 44.9 Å². The van der Waals surface area contributed by atoms with Gasteiger partial charge in [0, 0.05) is 6.42 Å². The summed E-state index contributed by atoms with van der Waals surface area (Å²) in [6.07, 6.45) is 40.1. The van der Waals surface area contributed by atoms with E-state index in [1.807, 2.05) is 6.08 Å². The zero-order valence-electron chi connectivity index (χ0n) is 29.5. The van der Waals surface area contributed by atoms with E-state index in [0.717, 1.165) is 44.9 Å². The maximum absolute atomic E-state index is 12.5. The van der Waals surface area contributed by atoms with Crippen LogP contribution in [-0.4, -0.2) is 41.9 Å². The third-order valence-corrected chi connectivity index (χ3v) is 9.40. The highest BCUT2D eigenvalue weighted by molar-refractivity contribution is 7.85. The summed E-state index contributed by atoms with van der Waals surface area (Å²) < 4.78 is 32.4. The molecular formula is C38H73NO5S. The first-order valence-electron chi connectivity index (χ1n) is 19.0. The Bertz CT molecular complexity index is 811. The summed E-state index contributed by atoms with van der Waals surface area (Å²) in [7, 11) is -4.34. The van der Waals surface area contributed by atoms with Gasteiger partial charge in [0.15, 0.2) is 0 Å². The van der Waals surface area contributed by atoms with Gasteiger partial charge in [0.1, 0.15) is 0 Å². The third kappa shape index (κ3) is 34.0. The van der Waals surface area contributed by atoms with Gasteiger partial charge < -0.3 is 10.4 Å². The summed E-state index contributed by atoms with van der Waals surface area (Å²) in [6.45, 7) is 4.50. The van der Waals surface area contributed by atoms with Crippen molar-refractivity contribution in [1.82, 2.24) is 5.32 Å². The Kier molecular flexibility index (Phi) is 31.9. The molecule has 7 heteroatoms. The molecule has 0 aliphatic rings. The van der Waals surface area contributed by atoms with Crippen molar-refractivity contribution in [1.29, 1.82) is 0 Å². The van der Waals surface area contributed by atoms with Crippen LogP contribution in [0, 0.1) is 0 Å². The lowest BCUT2D eigenvalue weighted by molar-refractivity contribution is -0.122. The summed E-state index contributed by atoms with van der Waals surface area (Å²) in [5.41, 5.74) is 0. The maximum Gasteiger partial charge on any atom is 0.267 e. The van der Waals surface area contributed by atoms with Gasteiger partial charge in [-0.2, -0.15) is 8.42 Å². The third-order valence-electron chi connectivity index (χ3n) is 8.62. The van der Waals surface area contributed by atoms with Crippen LogP contribution in [0.1, 0.15) is 194 Å². The number of carbonyl (C=O) groups excluding carboxylic acids is 1. The molecule has 0 aromatic rings. The van der Waals surface area contributed by atoms with Gasteiger partial charge in [0.05, 0.1) is 17.9 Å². The highest BCUT2D eigenvalue weighted by Crippen LogP contribution is 2.14. The predicted molar refractivity (Wildman–Crippen MR) is 193 cm³/mol. The van der Waals surface area contributed by atoms with E-state index in [1.165, 1.54) is 128 Å². The number of aliphatic hydroxyl groups is 1. The molecule has 3 N–H and O–H groups in total. The SMILES string of the molecule is CCCCCCCC/C=C\CCCCCCCCCC(=O)NC(CS(=O)(=O)O)C(O)/C=C/CCCCCCCCCCCCC. The Morgan fingerprint density at radius 3 is 1.33 bits per heavy atom. The standard InChI is InChI=1S/C38H73NO5S/c1-3-5-7-9-11-13-15-17-18-19-20-22-24-26-28-30-32-34-38(41)39-36(35-45(42,43)44)37(40)33-31-29-27-25-23-21-16-14-12-10-8-6-4-2/h17-18,31,33,36-37,40H,3-16,19-30,32,34-35H2,1-2H3,(H,39,41)(H,42,43,44)/b18-17-,33-31+. The fourth-order valence-electron chi connectivity index (χ4n) is 5.74. The van der Waals surface area contributed by atoms with Gasteiger partial charge in [0.25, 0.3) is 10.1 Å². The molecule has 0 heterocycles. The number of amides is 1. The van der Waals surface area contributed by atoms with Crippen molar-refractivity contribution in [3.63, 3.8) is 0 Å². The van der Waals surface area contributed by atoms with Gasteiger partial charge in [-0.1, -0.05) is 167 Å². The topological polar surface area (TPSA) is 104 Å². The quantitative estimate of drug-likeness (QED) is 0.0363. The minimum Gasteiger partial charge on any atom is -0.387 e. The van der Waals surface area contributed by atoms with Crippen molar-refractivity contribution in [2.45, 2.75) is 206 Å². The Balaban J connectivity index is 3.95. The van der Waals surface area contributed by atoms with Crippen LogP contribution in [-0.2, 0) is 14.9 Å². The second-order valence-corrected chi connectivity index (χ2v) is 14.7. The van der Waals surface area contributed by atoms with Gasteiger partial charge in [0.2, 0.25) is 5.91 Å². The molecule has 0 bridgehead atoms. The molecule has 0 aromatic heterocycles. The number of rotatable bonds is 34. The fraction of sp³-hybridized carbons (Fsp3) is 0.868. The summed E-state index contributed by atoms with van der Waals surface area (Å²) in [5.74, 6) is -0.981. The molecule has 0 fully saturated rings. The molecule has 0 aliphatic carbocycles. The van der Waals surface area contributed by atoms with Crippen molar-refractivity contribution in [2.75, 3.05) is 5.75 Å². The van der Waals surface area contributed by atoms with Crippen molar-refractivity contribution in [3.8, 4) is 0 Å². The molecule has 2 unspecified atom stereocenters. The lowest BCUT2D eigenvalue weighted by Crippen LogP contribution is -2.46. The first-order chi connectivity index (χ1) is 21.8. The van der Waals surface area contributed by atoms with E-state index in [9.17, 15) is 22.9 Å². The highest BCUT2D eigenvalue weighted by atomic mass is 32.2. The fourth-order valence-corrected chi connectivity index (χ4v) is 6.47. The Hall–Kier alpha value is -1.18. The van der Waals surface area contributed by atoms with Crippen LogP contribution < -0.4 is 5.32 Å². The van der Waals surface area contributed by atoms with E-state index in [-0.39, 0.29) is 5.91 Å². The first-order valence-corrected chi connectivity index (χ1v) is 20.6. The van der Waals surface area contributed by atoms with Crippen molar-refractivity contribution in [3.05, 3.63) is 24.3 Å². The molecule has 0 aromatic carbocycles. The van der Waals surface area contributed by atoms with Crippen LogP contribution >= 0.6 is 0 Å². The van der Waals surface area contributed by atoms with E-state index < -0.39 is 28.0 Å². The zero-order valence-corrected chi connectivity index (χ0v) is 30.3. The van der Waals surface area contributed by atoms with Crippen LogP contribution in [0.25, 0.3) is 0 Å². The molecule has 0 spiro atoms. The lowest BCUT2D eigenvalue weighted by atomic mass is 10.0. The van der Waals surface area contributed by atoms with E-state index in [1.54, 1.807) is 6.08 Å². The molecule has 0 aliphatic heterocycles. The highest BCUT2D eigenvalue weighted by Gasteiger charge is 2.24. The van der Waals surface area contributed by atoms with E-state index in [0.29, 0.717) is 6.42 Å². The molecular weight excluding hydrogens is 582 g/mol. The smallest absolute Gasteiger partial charge is 0.267 e. The second-order valence-electron chi connectivity index (χ2n) is 13.2. The molecule has 0 saturated carbocycles. The predicted octanol–water partition coefficient (Wildman–Crippen LogP) is 10.8. The van der Waals surface area contributed by atoms with Gasteiger partial charge in [-0.25, -0.2) is 0 Å². The molecule has 266 valence electrons. The number of unbranched alkanes of at least 4 members (excludes halogenated alkanes) is 24. The normalized spacial score (nSPS) is 13.6. The monoisotopic (exact) mass is 656 g/mol.